The molecule has 13 heteroatoms. The Balaban J connectivity index is 0.000000221. The number of esters is 2. The number of hydrogen-bond acceptors (Lipinski definition) is 11. The van der Waals surface area contributed by atoms with Gasteiger partial charge in [0, 0.05) is 28.1 Å². The molecule has 4 rings (SSSR count). The highest BCUT2D eigenvalue weighted by molar-refractivity contribution is 6.60. The molecule has 208 valence electrons. The summed E-state index contributed by atoms with van der Waals surface area (Å²) in [6.45, 7) is 5.08. The van der Waals surface area contributed by atoms with E-state index in [0.29, 0.717) is 22.4 Å². The van der Waals surface area contributed by atoms with Crippen LogP contribution in [0.1, 0.15) is 41.5 Å². The summed E-state index contributed by atoms with van der Waals surface area (Å²) in [5, 5.41) is 22.8. The van der Waals surface area contributed by atoms with Gasteiger partial charge in [0.25, 0.3) is 0 Å². The van der Waals surface area contributed by atoms with E-state index >= 15 is 0 Å². The quantitative estimate of drug-likeness (QED) is 0.127. The fourth-order valence-electron chi connectivity index (χ4n) is 3.65. The molecule has 0 saturated heterocycles. The van der Waals surface area contributed by atoms with Crippen molar-refractivity contribution in [1.82, 2.24) is 9.97 Å². The van der Waals surface area contributed by atoms with Gasteiger partial charge in [0.1, 0.15) is 11.1 Å². The first-order chi connectivity index (χ1) is 18.8. The lowest BCUT2D eigenvalue weighted by atomic mass is 9.78. The molecule has 4 aromatic rings. The van der Waals surface area contributed by atoms with Crippen LogP contribution in [0.25, 0.3) is 21.8 Å². The highest BCUT2D eigenvalue weighted by Crippen LogP contribution is 2.26. The van der Waals surface area contributed by atoms with Crippen molar-refractivity contribution in [3.05, 3.63) is 65.9 Å². The van der Waals surface area contributed by atoms with Crippen molar-refractivity contribution in [3.63, 3.8) is 0 Å². The van der Waals surface area contributed by atoms with E-state index in [2.05, 4.69) is 20.0 Å². The summed E-state index contributed by atoms with van der Waals surface area (Å²) in [6.07, 6.45) is 0.904. The van der Waals surface area contributed by atoms with Gasteiger partial charge >= 0.3 is 25.2 Å². The third-order valence-electron chi connectivity index (χ3n) is 5.39. The van der Waals surface area contributed by atoms with Gasteiger partial charge in [-0.05, 0) is 51.1 Å². The number of methoxy groups -OCH3 is 2. The fraction of sp³-hybridized carbons (Fsp3) is 0.222. The number of aromatic nitrogens is 2. The van der Waals surface area contributed by atoms with Crippen molar-refractivity contribution in [2.75, 3.05) is 25.3 Å². The number of nitrogen functional groups attached to an aromatic ring is 1. The summed E-state index contributed by atoms with van der Waals surface area (Å²) in [6, 6.07) is 12.9. The van der Waals surface area contributed by atoms with E-state index in [1.54, 1.807) is 39.1 Å². The maximum atomic E-state index is 11.7. The number of rotatable bonds is 4. The Labute approximate surface area is 230 Å². The van der Waals surface area contributed by atoms with Gasteiger partial charge in [-0.1, -0.05) is 18.2 Å². The number of hydrogen-bond donors (Lipinski definition) is 4. The Hall–Kier alpha value is -4.75. The van der Waals surface area contributed by atoms with Crippen molar-refractivity contribution in [1.29, 1.82) is 0 Å². The third-order valence-corrected chi connectivity index (χ3v) is 5.39. The number of benzene rings is 2. The van der Waals surface area contributed by atoms with Gasteiger partial charge in [0.05, 0.1) is 30.9 Å². The van der Waals surface area contributed by atoms with Gasteiger partial charge in [-0.3, -0.25) is 10.3 Å². The van der Waals surface area contributed by atoms with E-state index in [1.165, 1.54) is 32.4 Å². The molecule has 5 N–H and O–H groups in total. The monoisotopic (exact) mass is 548 g/mol. The average Bonchev–Trinajstić information content (AvgIpc) is 2.91. The molecule has 0 bridgehead atoms. The normalized spacial score (nSPS) is 10.8. The Morgan fingerprint density at radius 1 is 0.925 bits per heavy atom. The molecular weight excluding hydrogens is 519 g/mol. The lowest BCUT2D eigenvalue weighted by molar-refractivity contribution is 0.0592. The van der Waals surface area contributed by atoms with Gasteiger partial charge in [0.2, 0.25) is 0 Å². The molecule has 0 atom stereocenters. The lowest BCUT2D eigenvalue weighted by Gasteiger charge is -2.20. The number of nitrogens with one attached hydrogen (secondary N) is 1. The number of nitrogens with zero attached hydrogens (tertiary/aromatic N) is 2. The molecule has 2 heterocycles. The summed E-state index contributed by atoms with van der Waals surface area (Å²) in [7, 11) is 0.762. The van der Waals surface area contributed by atoms with Crippen LogP contribution in [0, 0.1) is 0 Å². The van der Waals surface area contributed by atoms with Crippen LogP contribution in [0.4, 0.5) is 16.3 Å². The maximum Gasteiger partial charge on any atom is 0.490 e. The Morgan fingerprint density at radius 3 is 2.15 bits per heavy atom. The van der Waals surface area contributed by atoms with Crippen LogP contribution < -0.4 is 16.5 Å². The number of carbonyl (C=O) groups excluding carboxylic acids is 3. The molecule has 0 unspecified atom stereocenters. The van der Waals surface area contributed by atoms with E-state index in [1.807, 2.05) is 18.2 Å². The zero-order valence-corrected chi connectivity index (χ0v) is 22.6. The average molecular weight is 548 g/mol. The van der Waals surface area contributed by atoms with Crippen LogP contribution in [0.15, 0.2) is 54.7 Å². The van der Waals surface area contributed by atoms with Gasteiger partial charge in [-0.25, -0.2) is 19.4 Å². The summed E-state index contributed by atoms with van der Waals surface area (Å²) >= 11 is 0. The molecule has 1 amide bonds. The van der Waals surface area contributed by atoms with Crippen molar-refractivity contribution in [2.24, 2.45) is 0 Å². The molecule has 40 heavy (non-hydrogen) atoms. The summed E-state index contributed by atoms with van der Waals surface area (Å²) in [5.74, 6) is -0.653. The number of nitrogens with two attached hydrogens (primary N) is 1. The van der Waals surface area contributed by atoms with E-state index in [9.17, 15) is 24.4 Å². The second kappa shape index (κ2) is 12.4. The molecular formula is C27H29BN4O8. The van der Waals surface area contributed by atoms with Gasteiger partial charge < -0.3 is 30.0 Å². The Kier molecular flexibility index (Phi) is 9.25. The number of carbonyl (C=O) groups is 3. The molecule has 2 aromatic heterocycles. The largest absolute Gasteiger partial charge is 0.490 e. The first-order valence-corrected chi connectivity index (χ1v) is 11.9. The van der Waals surface area contributed by atoms with Crippen LogP contribution in [0.5, 0.6) is 0 Å². The maximum absolute atomic E-state index is 11.7. The minimum Gasteiger partial charge on any atom is -0.465 e. The van der Waals surface area contributed by atoms with Crippen LogP contribution in [0.2, 0.25) is 0 Å². The zero-order chi connectivity index (χ0) is 29.6. The zero-order valence-electron chi connectivity index (χ0n) is 22.6. The molecule has 0 spiro atoms. The second-order valence-electron chi connectivity index (χ2n) is 9.41. The van der Waals surface area contributed by atoms with Crippen LogP contribution in [-0.2, 0) is 14.2 Å². The van der Waals surface area contributed by atoms with Crippen molar-refractivity contribution >= 4 is 63.9 Å². The highest BCUT2D eigenvalue weighted by Gasteiger charge is 2.22. The third kappa shape index (κ3) is 7.21. The van der Waals surface area contributed by atoms with Gasteiger partial charge in [-0.15, -0.1) is 0 Å². The van der Waals surface area contributed by atoms with Crippen molar-refractivity contribution in [3.8, 4) is 0 Å². The molecule has 12 nitrogen and oxygen atoms in total. The predicted molar refractivity (Wildman–Crippen MR) is 150 cm³/mol. The van der Waals surface area contributed by atoms with Gasteiger partial charge in [0.15, 0.2) is 5.82 Å². The van der Waals surface area contributed by atoms with E-state index < -0.39 is 30.8 Å². The first-order valence-electron chi connectivity index (χ1n) is 11.9. The topological polar surface area (TPSA) is 183 Å². The standard InChI is InChI=1S/C14H11N3O2.C13H18BNO6/c1-19-14(18)8-4-5-9-10-3-2-6-16-12(10)13(15)17-11(9)7-8;1-13(2,3)21-12(17)15-10-7-8(11(16)20-4)5-6-9(10)14(18)19/h2-7H,1H3,(H2,15,17);5-7,18-19H,1-4H3,(H,15,17). The summed E-state index contributed by atoms with van der Waals surface area (Å²) in [4.78, 5) is 43.2. The predicted octanol–water partition coefficient (Wildman–Crippen LogP) is 2.65. The summed E-state index contributed by atoms with van der Waals surface area (Å²) in [5.41, 5.74) is 7.21. The SMILES string of the molecule is COC(=O)c1ccc(B(O)O)c(NC(=O)OC(C)(C)C)c1.COC(=O)c1ccc2c(c1)nc(N)c1ncccc12. The minimum absolute atomic E-state index is 0.0357. The Bertz CT molecular complexity index is 1570. The number of amides is 1. The first kappa shape index (κ1) is 29.8. The van der Waals surface area contributed by atoms with Gasteiger partial charge in [-0.2, -0.15) is 0 Å². The molecule has 0 fully saturated rings. The van der Waals surface area contributed by atoms with Crippen molar-refractivity contribution in [2.45, 2.75) is 26.4 Å². The smallest absolute Gasteiger partial charge is 0.465 e. The number of fused-ring (bicyclic) bond motifs is 3. The molecule has 0 aliphatic carbocycles. The Morgan fingerprint density at radius 2 is 1.55 bits per heavy atom. The van der Waals surface area contributed by atoms with E-state index in [0.717, 1.165) is 10.8 Å². The van der Waals surface area contributed by atoms with Crippen molar-refractivity contribution < 1.29 is 38.6 Å². The number of ether oxygens (including phenoxy) is 3. The van der Waals surface area contributed by atoms with Crippen LogP contribution in [0.3, 0.4) is 0 Å². The lowest BCUT2D eigenvalue weighted by Crippen LogP contribution is -2.35. The molecule has 0 saturated carbocycles. The highest BCUT2D eigenvalue weighted by atomic mass is 16.6. The van der Waals surface area contributed by atoms with Crippen LogP contribution >= 0.6 is 0 Å². The molecule has 2 aromatic carbocycles. The number of pyridine rings is 2. The van der Waals surface area contributed by atoms with E-state index in [4.69, 9.17) is 15.2 Å². The molecule has 0 radical (unpaired) electrons. The minimum atomic E-state index is -1.80. The molecule has 0 aliphatic rings. The second-order valence-corrected chi connectivity index (χ2v) is 9.41. The fourth-order valence-corrected chi connectivity index (χ4v) is 3.65. The number of anilines is 2. The van der Waals surface area contributed by atoms with E-state index in [-0.39, 0.29) is 16.7 Å². The summed E-state index contributed by atoms with van der Waals surface area (Å²) < 4.78 is 14.3. The van der Waals surface area contributed by atoms with Crippen LogP contribution in [-0.4, -0.2) is 65.0 Å². The molecule has 0 aliphatic heterocycles.